The van der Waals surface area contributed by atoms with E-state index in [2.05, 4.69) is 41.5 Å². The van der Waals surface area contributed by atoms with Gasteiger partial charge in [-0.25, -0.2) is 0 Å². The van der Waals surface area contributed by atoms with Gasteiger partial charge in [0.15, 0.2) is 0 Å². The van der Waals surface area contributed by atoms with E-state index in [9.17, 15) is 5.11 Å². The number of aliphatic hydroxyl groups excluding tert-OH is 1. The fourth-order valence-electron chi connectivity index (χ4n) is 9.90. The van der Waals surface area contributed by atoms with Gasteiger partial charge in [-0.3, -0.25) is 0 Å². The van der Waals surface area contributed by atoms with Crippen molar-refractivity contribution in [3.05, 3.63) is 0 Å². The summed E-state index contributed by atoms with van der Waals surface area (Å²) in [4.78, 5) is 0. The first kappa shape index (κ1) is 23.1. The average Bonchev–Trinajstić information content (AvgIpc) is 3.06. The van der Waals surface area contributed by atoms with Crippen LogP contribution in [0.4, 0.5) is 0 Å². The Morgan fingerprint density at radius 2 is 1.53 bits per heavy atom. The minimum atomic E-state index is -0.0111. The van der Waals surface area contributed by atoms with Gasteiger partial charge < -0.3 is 5.11 Å². The molecule has 0 aromatic rings. The van der Waals surface area contributed by atoms with Crippen LogP contribution in [0, 0.1) is 58.2 Å². The van der Waals surface area contributed by atoms with E-state index < -0.39 is 0 Å². The molecule has 0 spiro atoms. The summed E-state index contributed by atoms with van der Waals surface area (Å²) in [6.07, 6.45) is 16.5. The number of hydrogen-bond donors (Lipinski definition) is 1. The summed E-state index contributed by atoms with van der Waals surface area (Å²) in [5.74, 6) is 7.34. The molecule has 4 fully saturated rings. The molecule has 0 aromatic carbocycles. The molecule has 10 atom stereocenters. The molecule has 0 heterocycles. The van der Waals surface area contributed by atoms with E-state index in [0.29, 0.717) is 10.8 Å². The quantitative estimate of drug-likeness (QED) is 0.463. The average molecular weight is 417 g/mol. The van der Waals surface area contributed by atoms with Crippen molar-refractivity contribution in [2.75, 3.05) is 0 Å². The monoisotopic (exact) mass is 416 g/mol. The molecular formula is C29H52O. The van der Waals surface area contributed by atoms with Crippen LogP contribution >= 0.6 is 0 Å². The van der Waals surface area contributed by atoms with Crippen LogP contribution in [0.5, 0.6) is 0 Å². The minimum absolute atomic E-state index is 0.0111. The standard InChI is InChI=1S/C29H52O/c1-7-21(19(2)3)9-8-20(4)25-12-13-26-24-11-10-22-18-23(30)14-16-28(22,5)27(24)15-17-29(25,26)6/h19-27,30H,7-18H2,1-6H3/t20-,21-,22-,23-,24?,25-,26?,27?,28+,29-/m1/s1. The smallest absolute Gasteiger partial charge is 0.0543 e. The molecule has 0 bridgehead atoms. The van der Waals surface area contributed by atoms with E-state index in [0.717, 1.165) is 60.2 Å². The molecule has 3 unspecified atom stereocenters. The molecule has 1 nitrogen and oxygen atoms in total. The number of hydrogen-bond acceptors (Lipinski definition) is 1. The van der Waals surface area contributed by atoms with Gasteiger partial charge in [-0.2, -0.15) is 0 Å². The fraction of sp³-hybridized carbons (Fsp3) is 1.00. The molecule has 174 valence electrons. The summed E-state index contributed by atoms with van der Waals surface area (Å²) in [6.45, 7) is 15.2. The zero-order chi connectivity index (χ0) is 21.7. The SMILES string of the molecule is CC[C@H](CC[C@@H](C)[C@H]1CCC2C3CC[C@@H]4C[C@H](O)CC[C@]4(C)C3CC[C@@]21C)C(C)C. The molecule has 4 aliphatic rings. The highest BCUT2D eigenvalue weighted by Gasteiger charge is 2.60. The van der Waals surface area contributed by atoms with Gasteiger partial charge >= 0.3 is 0 Å². The van der Waals surface area contributed by atoms with E-state index >= 15 is 0 Å². The Morgan fingerprint density at radius 1 is 0.833 bits per heavy atom. The van der Waals surface area contributed by atoms with Gasteiger partial charge in [0.1, 0.15) is 0 Å². The molecule has 4 aliphatic carbocycles. The van der Waals surface area contributed by atoms with Crippen LogP contribution in [0.1, 0.15) is 119 Å². The van der Waals surface area contributed by atoms with E-state index in [1.54, 1.807) is 0 Å². The summed E-state index contributed by atoms with van der Waals surface area (Å²) in [5, 5.41) is 10.3. The summed E-state index contributed by atoms with van der Waals surface area (Å²) >= 11 is 0. The molecule has 4 saturated carbocycles. The van der Waals surface area contributed by atoms with Crippen molar-refractivity contribution >= 4 is 0 Å². The lowest BCUT2D eigenvalue weighted by Crippen LogP contribution is -2.54. The highest BCUT2D eigenvalue weighted by atomic mass is 16.3. The summed E-state index contributed by atoms with van der Waals surface area (Å²) in [5.41, 5.74) is 1.14. The molecule has 0 radical (unpaired) electrons. The molecule has 0 aromatic heterocycles. The van der Waals surface area contributed by atoms with Crippen LogP contribution in [0.25, 0.3) is 0 Å². The van der Waals surface area contributed by atoms with E-state index in [4.69, 9.17) is 0 Å². The van der Waals surface area contributed by atoms with Gasteiger partial charge in [0.05, 0.1) is 6.10 Å². The molecule has 4 rings (SSSR count). The first-order valence-corrected chi connectivity index (χ1v) is 13.9. The van der Waals surface area contributed by atoms with E-state index in [1.165, 1.54) is 64.2 Å². The third-order valence-corrected chi connectivity index (χ3v) is 11.9. The second kappa shape index (κ2) is 8.72. The lowest BCUT2D eigenvalue weighted by molar-refractivity contribution is -0.129. The zero-order valence-corrected chi connectivity index (χ0v) is 21.1. The number of rotatable bonds is 6. The van der Waals surface area contributed by atoms with Crippen molar-refractivity contribution < 1.29 is 5.11 Å². The van der Waals surface area contributed by atoms with Crippen molar-refractivity contribution in [1.29, 1.82) is 0 Å². The van der Waals surface area contributed by atoms with Gasteiger partial charge in [0, 0.05) is 0 Å². The van der Waals surface area contributed by atoms with Crippen LogP contribution in [0.3, 0.4) is 0 Å². The summed E-state index contributed by atoms with van der Waals surface area (Å²) in [7, 11) is 0. The summed E-state index contributed by atoms with van der Waals surface area (Å²) < 4.78 is 0. The lowest BCUT2D eigenvalue weighted by atomic mass is 9.44. The Bertz CT molecular complexity index is 583. The molecule has 0 aliphatic heterocycles. The Kier molecular flexibility index (Phi) is 6.72. The second-order valence-electron chi connectivity index (χ2n) is 13.3. The maximum absolute atomic E-state index is 10.3. The first-order valence-electron chi connectivity index (χ1n) is 13.9. The maximum atomic E-state index is 10.3. The number of aliphatic hydroxyl groups is 1. The van der Waals surface area contributed by atoms with Gasteiger partial charge in [0.2, 0.25) is 0 Å². The van der Waals surface area contributed by atoms with Crippen LogP contribution in [0.2, 0.25) is 0 Å². The molecule has 1 N–H and O–H groups in total. The first-order chi connectivity index (χ1) is 14.2. The van der Waals surface area contributed by atoms with Crippen molar-refractivity contribution in [2.24, 2.45) is 58.2 Å². The summed E-state index contributed by atoms with van der Waals surface area (Å²) in [6, 6.07) is 0. The largest absolute Gasteiger partial charge is 0.393 e. The highest BCUT2D eigenvalue weighted by Crippen LogP contribution is 2.68. The van der Waals surface area contributed by atoms with Crippen molar-refractivity contribution in [3.8, 4) is 0 Å². The molecule has 1 heteroatoms. The fourth-order valence-corrected chi connectivity index (χ4v) is 9.90. The van der Waals surface area contributed by atoms with Gasteiger partial charge in [-0.05, 0) is 122 Å². The number of fused-ring (bicyclic) bond motifs is 5. The Hall–Kier alpha value is -0.0400. The topological polar surface area (TPSA) is 20.2 Å². The van der Waals surface area contributed by atoms with Crippen LogP contribution in [0.15, 0.2) is 0 Å². The van der Waals surface area contributed by atoms with Crippen molar-refractivity contribution in [2.45, 2.75) is 125 Å². The van der Waals surface area contributed by atoms with Gasteiger partial charge in [0.25, 0.3) is 0 Å². The van der Waals surface area contributed by atoms with Crippen LogP contribution < -0.4 is 0 Å². The Labute approximate surface area is 188 Å². The Morgan fingerprint density at radius 3 is 2.23 bits per heavy atom. The predicted molar refractivity (Wildman–Crippen MR) is 128 cm³/mol. The Balaban J connectivity index is 1.45. The van der Waals surface area contributed by atoms with E-state index in [1.807, 2.05) is 0 Å². The highest BCUT2D eigenvalue weighted by molar-refractivity contribution is 5.09. The van der Waals surface area contributed by atoms with E-state index in [-0.39, 0.29) is 6.10 Å². The van der Waals surface area contributed by atoms with Gasteiger partial charge in [-0.1, -0.05) is 54.4 Å². The third-order valence-electron chi connectivity index (χ3n) is 11.9. The third kappa shape index (κ3) is 3.82. The molecule has 0 amide bonds. The lowest BCUT2D eigenvalue weighted by Gasteiger charge is -2.61. The van der Waals surface area contributed by atoms with Crippen LogP contribution in [-0.2, 0) is 0 Å². The second-order valence-corrected chi connectivity index (χ2v) is 13.3. The van der Waals surface area contributed by atoms with Crippen LogP contribution in [-0.4, -0.2) is 11.2 Å². The van der Waals surface area contributed by atoms with Crippen molar-refractivity contribution in [3.63, 3.8) is 0 Å². The zero-order valence-electron chi connectivity index (χ0n) is 21.1. The minimum Gasteiger partial charge on any atom is -0.393 e. The van der Waals surface area contributed by atoms with Crippen molar-refractivity contribution in [1.82, 2.24) is 0 Å². The molecule has 0 saturated heterocycles. The maximum Gasteiger partial charge on any atom is 0.0543 e. The normalized spacial score (nSPS) is 48.0. The predicted octanol–water partition coefficient (Wildman–Crippen LogP) is 8.10. The molecular weight excluding hydrogens is 364 g/mol. The molecule has 30 heavy (non-hydrogen) atoms. The van der Waals surface area contributed by atoms with Gasteiger partial charge in [-0.15, -0.1) is 0 Å².